The second kappa shape index (κ2) is 7.09. The quantitative estimate of drug-likeness (QED) is 0.707. The van der Waals surface area contributed by atoms with Crippen molar-refractivity contribution in [2.75, 3.05) is 19.7 Å². The number of amides is 2. The zero-order valence-corrected chi connectivity index (χ0v) is 12.8. The Morgan fingerprint density at radius 2 is 1.73 bits per heavy atom. The lowest BCUT2D eigenvalue weighted by Crippen LogP contribution is -2.46. The van der Waals surface area contributed by atoms with Crippen LogP contribution in [0.25, 0.3) is 0 Å². The van der Waals surface area contributed by atoms with Gasteiger partial charge in [0.1, 0.15) is 0 Å². The normalized spacial score (nSPS) is 22.1. The predicted molar refractivity (Wildman–Crippen MR) is 77.5 cm³/mol. The molecule has 1 saturated carbocycles. The molecular formula is C15H24N2O5. The molecule has 0 aromatic carbocycles. The van der Waals surface area contributed by atoms with Crippen molar-refractivity contribution in [2.24, 2.45) is 11.7 Å². The first-order valence-electron chi connectivity index (χ1n) is 7.89. The van der Waals surface area contributed by atoms with Gasteiger partial charge in [0.25, 0.3) is 5.91 Å². The van der Waals surface area contributed by atoms with Crippen molar-refractivity contribution in [3.05, 3.63) is 0 Å². The van der Waals surface area contributed by atoms with E-state index in [0.29, 0.717) is 38.8 Å². The smallest absolute Gasteiger partial charge is 0.338 e. The molecular weight excluding hydrogens is 288 g/mol. The number of carbonyl (C=O) groups excluding carboxylic acids is 3. The minimum Gasteiger partial charge on any atom is -0.453 e. The third-order valence-corrected chi connectivity index (χ3v) is 4.64. The Morgan fingerprint density at radius 3 is 2.27 bits per heavy atom. The number of likely N-dealkylation sites (tertiary alicyclic amines) is 1. The fourth-order valence-corrected chi connectivity index (χ4v) is 3.11. The molecule has 7 heteroatoms. The lowest BCUT2D eigenvalue weighted by atomic mass is 9.85. The molecule has 0 unspecified atom stereocenters. The van der Waals surface area contributed by atoms with Crippen LogP contribution in [0.5, 0.6) is 0 Å². The first kappa shape index (κ1) is 16.7. The van der Waals surface area contributed by atoms with Crippen molar-refractivity contribution in [2.45, 2.75) is 50.5 Å². The summed E-state index contributed by atoms with van der Waals surface area (Å²) in [7, 11) is 0. The third-order valence-electron chi connectivity index (χ3n) is 4.64. The van der Waals surface area contributed by atoms with Gasteiger partial charge in [-0.1, -0.05) is 6.42 Å². The molecule has 22 heavy (non-hydrogen) atoms. The summed E-state index contributed by atoms with van der Waals surface area (Å²) in [5.74, 6) is -1.52. The van der Waals surface area contributed by atoms with Crippen LogP contribution in [0, 0.1) is 5.92 Å². The second-order valence-corrected chi connectivity index (χ2v) is 6.23. The number of hydrogen-bond donors (Lipinski definition) is 2. The van der Waals surface area contributed by atoms with Gasteiger partial charge in [-0.15, -0.1) is 0 Å². The Hall–Kier alpha value is -1.63. The molecule has 124 valence electrons. The van der Waals surface area contributed by atoms with Crippen molar-refractivity contribution >= 4 is 17.8 Å². The lowest BCUT2D eigenvalue weighted by Gasteiger charge is -2.32. The van der Waals surface area contributed by atoms with Crippen LogP contribution in [0.2, 0.25) is 0 Å². The number of nitrogens with zero attached hydrogens (tertiary/aromatic N) is 1. The van der Waals surface area contributed by atoms with E-state index in [9.17, 15) is 19.5 Å². The molecule has 2 rings (SSSR count). The molecule has 1 aliphatic carbocycles. The van der Waals surface area contributed by atoms with Crippen molar-refractivity contribution in [3.63, 3.8) is 0 Å². The third kappa shape index (κ3) is 3.97. The number of esters is 1. The van der Waals surface area contributed by atoms with E-state index in [0.717, 1.165) is 19.3 Å². The predicted octanol–water partition coefficient (Wildman–Crippen LogP) is -0.0513. The maximum atomic E-state index is 12.0. The van der Waals surface area contributed by atoms with E-state index in [1.165, 1.54) is 0 Å². The Morgan fingerprint density at radius 1 is 1.14 bits per heavy atom. The molecule has 0 aromatic rings. The van der Waals surface area contributed by atoms with E-state index in [1.807, 2.05) is 0 Å². The summed E-state index contributed by atoms with van der Waals surface area (Å²) >= 11 is 0. The average Bonchev–Trinajstić information content (AvgIpc) is 2.53. The maximum Gasteiger partial charge on any atom is 0.338 e. The van der Waals surface area contributed by atoms with Crippen LogP contribution >= 0.6 is 0 Å². The van der Waals surface area contributed by atoms with E-state index in [1.54, 1.807) is 4.90 Å². The number of piperidine rings is 1. The van der Waals surface area contributed by atoms with Gasteiger partial charge in [0.15, 0.2) is 12.2 Å². The summed E-state index contributed by atoms with van der Waals surface area (Å²) in [6.07, 6.45) is 4.45. The minimum atomic E-state index is -1.43. The average molecular weight is 312 g/mol. The molecule has 1 saturated heterocycles. The minimum absolute atomic E-state index is 0.186. The molecule has 2 aliphatic rings. The van der Waals surface area contributed by atoms with Gasteiger partial charge in [-0.25, -0.2) is 4.79 Å². The summed E-state index contributed by atoms with van der Waals surface area (Å²) in [5.41, 5.74) is 3.81. The SMILES string of the molecule is NC(=O)C1CCN(C(=O)COC(=O)C2(O)CCCCC2)CC1. The van der Waals surface area contributed by atoms with Gasteiger partial charge in [0.2, 0.25) is 5.91 Å². The first-order valence-corrected chi connectivity index (χ1v) is 7.89. The maximum absolute atomic E-state index is 12.0. The Balaban J connectivity index is 1.76. The molecule has 2 fully saturated rings. The van der Waals surface area contributed by atoms with Crippen LogP contribution in [0.1, 0.15) is 44.9 Å². The van der Waals surface area contributed by atoms with Crippen molar-refractivity contribution in [1.82, 2.24) is 4.90 Å². The summed E-state index contributed by atoms with van der Waals surface area (Å²) in [6.45, 7) is 0.519. The fraction of sp³-hybridized carbons (Fsp3) is 0.800. The summed E-state index contributed by atoms with van der Waals surface area (Å²) < 4.78 is 5.00. The molecule has 7 nitrogen and oxygen atoms in total. The zero-order valence-electron chi connectivity index (χ0n) is 12.8. The molecule has 3 N–H and O–H groups in total. The summed E-state index contributed by atoms with van der Waals surface area (Å²) in [5, 5.41) is 10.2. The zero-order chi connectivity index (χ0) is 16.2. The molecule has 1 aliphatic heterocycles. The molecule has 0 atom stereocenters. The lowest BCUT2D eigenvalue weighted by molar-refractivity contribution is -0.172. The topological polar surface area (TPSA) is 110 Å². The van der Waals surface area contributed by atoms with Crippen molar-refractivity contribution in [1.29, 1.82) is 0 Å². The molecule has 0 bridgehead atoms. The van der Waals surface area contributed by atoms with Crippen LogP contribution in [0.4, 0.5) is 0 Å². The first-order chi connectivity index (χ1) is 10.4. The summed E-state index contributed by atoms with van der Waals surface area (Å²) in [4.78, 5) is 36.6. The van der Waals surface area contributed by atoms with Gasteiger partial charge in [-0.05, 0) is 38.5 Å². The van der Waals surface area contributed by atoms with Gasteiger partial charge in [0.05, 0.1) is 0 Å². The Kier molecular flexibility index (Phi) is 5.39. The highest BCUT2D eigenvalue weighted by Crippen LogP contribution is 2.29. The Bertz CT molecular complexity index is 437. The van der Waals surface area contributed by atoms with Gasteiger partial charge in [-0.2, -0.15) is 0 Å². The second-order valence-electron chi connectivity index (χ2n) is 6.23. The highest BCUT2D eigenvalue weighted by Gasteiger charge is 2.39. The van der Waals surface area contributed by atoms with E-state index in [4.69, 9.17) is 10.5 Å². The van der Waals surface area contributed by atoms with E-state index < -0.39 is 11.6 Å². The number of primary amides is 1. The number of ether oxygens (including phenoxy) is 1. The number of aliphatic hydroxyl groups is 1. The number of hydrogen-bond acceptors (Lipinski definition) is 5. The number of carbonyl (C=O) groups is 3. The number of rotatable bonds is 4. The van der Waals surface area contributed by atoms with E-state index in [-0.39, 0.29) is 24.3 Å². The highest BCUT2D eigenvalue weighted by atomic mass is 16.6. The van der Waals surface area contributed by atoms with Crippen LogP contribution in [0.3, 0.4) is 0 Å². The van der Waals surface area contributed by atoms with Crippen LogP contribution < -0.4 is 5.73 Å². The van der Waals surface area contributed by atoms with Crippen LogP contribution in [-0.4, -0.2) is 53.1 Å². The van der Waals surface area contributed by atoms with Crippen molar-refractivity contribution in [3.8, 4) is 0 Å². The van der Waals surface area contributed by atoms with Gasteiger partial charge >= 0.3 is 5.97 Å². The fourth-order valence-electron chi connectivity index (χ4n) is 3.11. The van der Waals surface area contributed by atoms with Crippen molar-refractivity contribution < 1.29 is 24.2 Å². The molecule has 2 amide bonds. The van der Waals surface area contributed by atoms with Gasteiger partial charge in [-0.3, -0.25) is 9.59 Å². The van der Waals surface area contributed by atoms with Crippen LogP contribution in [0.15, 0.2) is 0 Å². The van der Waals surface area contributed by atoms with Crippen LogP contribution in [-0.2, 0) is 19.1 Å². The van der Waals surface area contributed by atoms with Gasteiger partial charge in [0, 0.05) is 19.0 Å². The molecule has 1 heterocycles. The number of nitrogens with two attached hydrogens (primary N) is 1. The highest BCUT2D eigenvalue weighted by molar-refractivity contribution is 5.84. The van der Waals surface area contributed by atoms with Gasteiger partial charge < -0.3 is 20.5 Å². The monoisotopic (exact) mass is 312 g/mol. The molecule has 0 spiro atoms. The summed E-state index contributed by atoms with van der Waals surface area (Å²) in [6, 6.07) is 0. The standard InChI is InChI=1S/C15H24N2O5/c16-13(19)11-4-8-17(9-5-11)12(18)10-22-14(20)15(21)6-2-1-3-7-15/h11,21H,1-10H2,(H2,16,19). The van der Waals surface area contributed by atoms with E-state index in [2.05, 4.69) is 0 Å². The molecule has 0 aromatic heterocycles. The largest absolute Gasteiger partial charge is 0.453 e. The molecule has 0 radical (unpaired) electrons. The van der Waals surface area contributed by atoms with E-state index >= 15 is 0 Å². The Labute approximate surface area is 129 Å².